The number of carbonyl (C=O) groups excluding carboxylic acids is 3. The largest absolute Gasteiger partial charge is 0.493 e. The Morgan fingerprint density at radius 1 is 1.00 bits per heavy atom. The van der Waals surface area contributed by atoms with E-state index in [4.69, 9.17) is 14.2 Å². The molecule has 0 unspecified atom stereocenters. The molecule has 2 amide bonds. The molecule has 8 heteroatoms. The minimum absolute atomic E-state index is 0.0565. The van der Waals surface area contributed by atoms with Gasteiger partial charge in [-0.2, -0.15) is 0 Å². The van der Waals surface area contributed by atoms with Crippen molar-refractivity contribution in [3.63, 3.8) is 0 Å². The smallest absolute Gasteiger partial charge is 0.300 e. The maximum Gasteiger partial charge on any atom is 0.300 e. The summed E-state index contributed by atoms with van der Waals surface area (Å²) in [7, 11) is 4.20. The first-order valence-corrected chi connectivity index (χ1v) is 8.51. The zero-order chi connectivity index (χ0) is 20.3. The van der Waals surface area contributed by atoms with Gasteiger partial charge >= 0.3 is 0 Å². The van der Waals surface area contributed by atoms with Gasteiger partial charge in [0, 0.05) is 12.6 Å². The van der Waals surface area contributed by atoms with Crippen molar-refractivity contribution in [1.82, 2.24) is 5.32 Å². The third-order valence-electron chi connectivity index (χ3n) is 4.40. The number of benzene rings is 2. The Bertz CT molecular complexity index is 926. The lowest BCUT2D eigenvalue weighted by Gasteiger charge is -2.19. The van der Waals surface area contributed by atoms with Crippen molar-refractivity contribution in [3.05, 3.63) is 47.5 Å². The van der Waals surface area contributed by atoms with Crippen LogP contribution in [0.3, 0.4) is 0 Å². The fraction of sp³-hybridized carbons (Fsp3) is 0.250. The number of hydrogen-bond acceptors (Lipinski definition) is 6. The van der Waals surface area contributed by atoms with E-state index in [9.17, 15) is 14.4 Å². The molecule has 1 aliphatic rings. The van der Waals surface area contributed by atoms with Gasteiger partial charge in [0.2, 0.25) is 11.7 Å². The van der Waals surface area contributed by atoms with E-state index >= 15 is 0 Å². The lowest BCUT2D eigenvalue weighted by atomic mass is 10.1. The van der Waals surface area contributed by atoms with Gasteiger partial charge in [-0.25, -0.2) is 0 Å². The average Bonchev–Trinajstić information content (AvgIpc) is 2.96. The number of rotatable bonds is 7. The van der Waals surface area contributed by atoms with E-state index in [0.29, 0.717) is 6.54 Å². The molecule has 0 atom stereocenters. The number of ketones is 1. The van der Waals surface area contributed by atoms with Crippen molar-refractivity contribution in [2.45, 2.75) is 6.54 Å². The molecule has 2 aromatic rings. The lowest BCUT2D eigenvalue weighted by molar-refractivity contribution is -0.122. The first-order valence-electron chi connectivity index (χ1n) is 8.51. The van der Waals surface area contributed by atoms with Crippen LogP contribution in [0.25, 0.3) is 0 Å². The van der Waals surface area contributed by atoms with Crippen molar-refractivity contribution >= 4 is 23.3 Å². The van der Waals surface area contributed by atoms with Crippen molar-refractivity contribution in [2.75, 3.05) is 32.8 Å². The van der Waals surface area contributed by atoms with Gasteiger partial charge in [0.25, 0.3) is 11.7 Å². The number of amides is 2. The van der Waals surface area contributed by atoms with Gasteiger partial charge in [0.15, 0.2) is 11.5 Å². The molecule has 0 fully saturated rings. The van der Waals surface area contributed by atoms with Crippen molar-refractivity contribution < 1.29 is 28.6 Å². The maximum absolute atomic E-state index is 12.5. The summed E-state index contributed by atoms with van der Waals surface area (Å²) in [6, 6.07) is 10.9. The third kappa shape index (κ3) is 3.36. The average molecular weight is 384 g/mol. The number of ether oxygens (including phenoxy) is 3. The minimum atomic E-state index is -0.807. The fourth-order valence-electron chi connectivity index (χ4n) is 3.07. The summed E-state index contributed by atoms with van der Waals surface area (Å²) in [5, 5.41) is 2.74. The van der Waals surface area contributed by atoms with Gasteiger partial charge in [0.1, 0.15) is 6.54 Å². The molecule has 0 spiro atoms. The highest BCUT2D eigenvalue weighted by atomic mass is 16.5. The van der Waals surface area contributed by atoms with Crippen LogP contribution < -0.4 is 24.4 Å². The first kappa shape index (κ1) is 19.2. The monoisotopic (exact) mass is 384 g/mol. The van der Waals surface area contributed by atoms with Crippen LogP contribution in [0.1, 0.15) is 15.9 Å². The second-order valence-corrected chi connectivity index (χ2v) is 6.02. The number of methoxy groups -OCH3 is 3. The molecule has 2 aromatic carbocycles. The van der Waals surface area contributed by atoms with E-state index in [1.807, 2.05) is 30.3 Å². The predicted octanol–water partition coefficient (Wildman–Crippen LogP) is 1.56. The summed E-state index contributed by atoms with van der Waals surface area (Å²) >= 11 is 0. The number of anilines is 1. The van der Waals surface area contributed by atoms with E-state index in [-0.39, 0.29) is 35.0 Å². The molecule has 3 rings (SSSR count). The van der Waals surface area contributed by atoms with Crippen LogP contribution in [0.2, 0.25) is 0 Å². The molecule has 1 aliphatic heterocycles. The molecule has 0 saturated carbocycles. The molecule has 146 valence electrons. The zero-order valence-electron chi connectivity index (χ0n) is 15.8. The predicted molar refractivity (Wildman–Crippen MR) is 101 cm³/mol. The quantitative estimate of drug-likeness (QED) is 0.728. The van der Waals surface area contributed by atoms with Gasteiger partial charge in [0.05, 0.1) is 32.6 Å². The maximum atomic E-state index is 12.5. The van der Waals surface area contributed by atoms with Crippen molar-refractivity contribution in [2.24, 2.45) is 0 Å². The molecular formula is C20H20N2O6. The van der Waals surface area contributed by atoms with Crippen LogP contribution in [-0.4, -0.2) is 45.5 Å². The highest BCUT2D eigenvalue weighted by molar-refractivity contribution is 6.53. The first-order chi connectivity index (χ1) is 13.5. The number of hydrogen-bond donors (Lipinski definition) is 1. The summed E-state index contributed by atoms with van der Waals surface area (Å²) < 4.78 is 15.8. The number of nitrogens with zero attached hydrogens (tertiary/aromatic N) is 1. The number of nitrogens with one attached hydrogen (secondary N) is 1. The second kappa shape index (κ2) is 7.99. The molecule has 0 saturated heterocycles. The summed E-state index contributed by atoms with van der Waals surface area (Å²) in [6.45, 7) is 0.0147. The highest BCUT2D eigenvalue weighted by Gasteiger charge is 2.41. The number of Topliss-reactive ketones (excluding diaryl/α,β-unsaturated/α-hetero) is 1. The van der Waals surface area contributed by atoms with Crippen molar-refractivity contribution in [3.8, 4) is 17.2 Å². The van der Waals surface area contributed by atoms with Crippen LogP contribution in [0.4, 0.5) is 5.69 Å². The highest BCUT2D eigenvalue weighted by Crippen LogP contribution is 2.47. The van der Waals surface area contributed by atoms with Gasteiger partial charge < -0.3 is 19.5 Å². The Morgan fingerprint density at radius 2 is 1.68 bits per heavy atom. The van der Waals surface area contributed by atoms with Crippen LogP contribution in [0, 0.1) is 0 Å². The standard InChI is InChI=1S/C20H20N2O6/c1-26-14-9-13-16(19(28-3)18(14)27-2)17(24)20(25)22(13)11-15(23)21-10-12-7-5-4-6-8-12/h4-9H,10-11H2,1-3H3,(H,21,23). The summed E-state index contributed by atoms with van der Waals surface area (Å²) in [6.07, 6.45) is 0. The fourth-order valence-corrected chi connectivity index (χ4v) is 3.07. The van der Waals surface area contributed by atoms with E-state index in [1.165, 1.54) is 27.4 Å². The molecule has 8 nitrogen and oxygen atoms in total. The van der Waals surface area contributed by atoms with Gasteiger partial charge in [-0.3, -0.25) is 19.3 Å². The Kier molecular flexibility index (Phi) is 5.49. The SMILES string of the molecule is COc1cc2c(c(OC)c1OC)C(=O)C(=O)N2CC(=O)NCc1ccccc1. The Balaban J connectivity index is 1.87. The normalized spacial score (nSPS) is 12.6. The third-order valence-corrected chi connectivity index (χ3v) is 4.40. The summed E-state index contributed by atoms with van der Waals surface area (Å²) in [4.78, 5) is 38.5. The molecule has 0 aromatic heterocycles. The Hall–Kier alpha value is -3.55. The Labute approximate surface area is 162 Å². The van der Waals surface area contributed by atoms with Gasteiger partial charge in [-0.1, -0.05) is 30.3 Å². The molecule has 0 bridgehead atoms. The van der Waals surface area contributed by atoms with E-state index < -0.39 is 17.6 Å². The summed E-state index contributed by atoms with van der Waals surface area (Å²) in [5.41, 5.74) is 1.23. The number of carbonyl (C=O) groups is 3. The lowest BCUT2D eigenvalue weighted by Crippen LogP contribution is -2.39. The minimum Gasteiger partial charge on any atom is -0.493 e. The van der Waals surface area contributed by atoms with Crippen LogP contribution in [-0.2, 0) is 16.1 Å². The second-order valence-electron chi connectivity index (χ2n) is 6.02. The van der Waals surface area contributed by atoms with Crippen LogP contribution >= 0.6 is 0 Å². The zero-order valence-corrected chi connectivity index (χ0v) is 15.8. The van der Waals surface area contributed by atoms with E-state index in [1.54, 1.807) is 0 Å². The van der Waals surface area contributed by atoms with Crippen LogP contribution in [0.15, 0.2) is 36.4 Å². The molecule has 28 heavy (non-hydrogen) atoms. The molecule has 0 radical (unpaired) electrons. The number of fused-ring (bicyclic) bond motifs is 1. The van der Waals surface area contributed by atoms with Gasteiger partial charge in [-0.05, 0) is 5.56 Å². The summed E-state index contributed by atoms with van der Waals surface area (Å²) in [5.74, 6) is -1.37. The molecule has 0 aliphatic carbocycles. The van der Waals surface area contributed by atoms with Gasteiger partial charge in [-0.15, -0.1) is 0 Å². The molecule has 1 heterocycles. The topological polar surface area (TPSA) is 94.2 Å². The van der Waals surface area contributed by atoms with Crippen molar-refractivity contribution in [1.29, 1.82) is 0 Å². The van der Waals surface area contributed by atoms with Crippen LogP contribution in [0.5, 0.6) is 17.2 Å². The molecule has 1 N–H and O–H groups in total. The molecular weight excluding hydrogens is 364 g/mol. The Morgan fingerprint density at radius 3 is 2.29 bits per heavy atom. The van der Waals surface area contributed by atoms with E-state index in [2.05, 4.69) is 5.32 Å². The van der Waals surface area contributed by atoms with E-state index in [0.717, 1.165) is 10.5 Å².